The summed E-state index contributed by atoms with van der Waals surface area (Å²) in [6.07, 6.45) is 6.42. The van der Waals surface area contributed by atoms with E-state index in [1.807, 2.05) is 20.8 Å². The van der Waals surface area contributed by atoms with Crippen molar-refractivity contribution in [3.8, 4) is 5.75 Å². The van der Waals surface area contributed by atoms with Gasteiger partial charge in [-0.15, -0.1) is 0 Å². The van der Waals surface area contributed by atoms with Gasteiger partial charge in [-0.25, -0.2) is 4.98 Å². The third-order valence-electron chi connectivity index (χ3n) is 9.08. The molecule has 14 nitrogen and oxygen atoms in total. The van der Waals surface area contributed by atoms with E-state index in [-0.39, 0.29) is 98.0 Å². The molecule has 0 bridgehead atoms. The van der Waals surface area contributed by atoms with Crippen LogP contribution in [0.3, 0.4) is 0 Å². The van der Waals surface area contributed by atoms with Gasteiger partial charge in [0.15, 0.2) is 0 Å². The molecule has 2 aliphatic rings. The minimum absolute atomic E-state index is 0.00636. The van der Waals surface area contributed by atoms with Crippen LogP contribution in [0.15, 0.2) is 36.9 Å². The highest BCUT2D eigenvalue weighted by molar-refractivity contribution is 5.89. The van der Waals surface area contributed by atoms with E-state index < -0.39 is 12.1 Å². The molecule has 2 aliphatic heterocycles. The number of nitrogens with one attached hydrogen (secondary N) is 4. The molecule has 2 aromatic rings. The number of nitrogens with zero attached hydrogens (tertiary/aromatic N) is 4. The summed E-state index contributed by atoms with van der Waals surface area (Å²) in [4.78, 5) is 71.8. The number of amides is 5. The zero-order valence-corrected chi connectivity index (χ0v) is 28.2. The molecule has 0 radical (unpaired) electrons. The van der Waals surface area contributed by atoms with Gasteiger partial charge in [0, 0.05) is 57.4 Å². The van der Waals surface area contributed by atoms with E-state index in [0.717, 1.165) is 5.56 Å². The van der Waals surface area contributed by atoms with E-state index in [4.69, 9.17) is 0 Å². The Hall–Kier alpha value is -4.49. The van der Waals surface area contributed by atoms with Crippen LogP contribution in [0.5, 0.6) is 5.75 Å². The second-order valence-corrected chi connectivity index (χ2v) is 13.5. The van der Waals surface area contributed by atoms with Crippen molar-refractivity contribution < 1.29 is 29.1 Å². The van der Waals surface area contributed by atoms with Crippen molar-refractivity contribution in [3.63, 3.8) is 0 Å². The van der Waals surface area contributed by atoms with Gasteiger partial charge in [0.05, 0.1) is 0 Å². The number of rotatable bonds is 8. The van der Waals surface area contributed by atoms with Crippen molar-refractivity contribution in [1.29, 1.82) is 0 Å². The van der Waals surface area contributed by atoms with Crippen LogP contribution in [0.25, 0.3) is 0 Å². The molecule has 4 rings (SSSR count). The summed E-state index contributed by atoms with van der Waals surface area (Å²) >= 11 is 0. The summed E-state index contributed by atoms with van der Waals surface area (Å²) < 4.78 is 1.66. The Kier molecular flexibility index (Phi) is 13.3. The first-order valence-electron chi connectivity index (χ1n) is 17.0. The van der Waals surface area contributed by atoms with Gasteiger partial charge in [-0.05, 0) is 61.6 Å². The van der Waals surface area contributed by atoms with Crippen LogP contribution in [0.4, 0.5) is 0 Å². The SMILES string of the molecule is CC(C)[C@@H]1CC[C@@H](C)CC(=O)N[C@@H](Cc2ccc(O)cc2)C(=O)NCCCC(=O)N2C[C@H](NC(=O)CCCn3cncn3)C[C@H]2C(=O)N1. The average Bonchev–Trinajstić information content (AvgIpc) is 3.71. The first kappa shape index (κ1) is 36.3. The monoisotopic (exact) mass is 666 g/mol. The number of phenolic OH excluding ortho intramolecular Hbond substituents is 1. The predicted octanol–water partition coefficient (Wildman–Crippen LogP) is 1.43. The van der Waals surface area contributed by atoms with Crippen molar-refractivity contribution in [3.05, 3.63) is 42.5 Å². The van der Waals surface area contributed by atoms with Crippen molar-refractivity contribution in [2.24, 2.45) is 11.8 Å². The first-order chi connectivity index (χ1) is 23.0. The minimum Gasteiger partial charge on any atom is -0.508 e. The zero-order chi connectivity index (χ0) is 34.6. The normalized spacial score (nSPS) is 25.0. The maximum atomic E-state index is 13.7. The zero-order valence-electron chi connectivity index (χ0n) is 28.2. The van der Waals surface area contributed by atoms with Gasteiger partial charge < -0.3 is 31.3 Å². The van der Waals surface area contributed by atoms with Crippen LogP contribution < -0.4 is 21.3 Å². The van der Waals surface area contributed by atoms with Gasteiger partial charge in [-0.2, -0.15) is 5.10 Å². The number of carbonyl (C=O) groups is 5. The molecule has 14 heteroatoms. The van der Waals surface area contributed by atoms with Gasteiger partial charge in [-0.1, -0.05) is 32.9 Å². The lowest BCUT2D eigenvalue weighted by Crippen LogP contribution is -2.50. The van der Waals surface area contributed by atoms with Crippen LogP contribution in [0.2, 0.25) is 0 Å². The lowest BCUT2D eigenvalue weighted by molar-refractivity contribution is -0.139. The molecule has 1 aromatic carbocycles. The molecular weight excluding hydrogens is 616 g/mol. The van der Waals surface area contributed by atoms with Gasteiger partial charge in [-0.3, -0.25) is 28.7 Å². The molecule has 0 unspecified atom stereocenters. The standard InChI is InChI=1S/C34H50N8O6/c1-22(2)27-13-8-23(3)16-31(45)39-28(17-24-9-11-26(43)12-10-24)33(47)36-14-4-7-32(46)42-19-25(18-29(42)34(48)40-27)38-30(44)6-5-15-41-21-35-20-37-41/h9-12,20-23,25,27-29,43H,4-8,13-19H2,1-3H3,(H,36,47)(H,38,44)(H,39,45)(H,40,48)/t23-,25-,27+,28+,29+/m1/s1. The fourth-order valence-corrected chi connectivity index (χ4v) is 6.30. The van der Waals surface area contributed by atoms with Crippen molar-refractivity contribution in [1.82, 2.24) is 40.9 Å². The Morgan fingerprint density at radius 1 is 1.08 bits per heavy atom. The molecule has 48 heavy (non-hydrogen) atoms. The molecule has 0 aliphatic carbocycles. The Morgan fingerprint density at radius 3 is 2.56 bits per heavy atom. The number of fused-ring (bicyclic) bond motifs is 1. The topological polar surface area (TPSA) is 188 Å². The smallest absolute Gasteiger partial charge is 0.243 e. The molecule has 262 valence electrons. The van der Waals surface area contributed by atoms with E-state index in [9.17, 15) is 29.1 Å². The molecule has 2 fully saturated rings. The predicted molar refractivity (Wildman–Crippen MR) is 177 cm³/mol. The first-order valence-corrected chi connectivity index (χ1v) is 17.0. The Morgan fingerprint density at radius 2 is 1.85 bits per heavy atom. The highest BCUT2D eigenvalue weighted by Crippen LogP contribution is 2.23. The van der Waals surface area contributed by atoms with Crippen LogP contribution >= 0.6 is 0 Å². The maximum Gasteiger partial charge on any atom is 0.243 e. The number of phenols is 1. The maximum absolute atomic E-state index is 13.7. The second-order valence-electron chi connectivity index (χ2n) is 13.5. The summed E-state index contributed by atoms with van der Waals surface area (Å²) in [5, 5.41) is 25.6. The van der Waals surface area contributed by atoms with Crippen molar-refractivity contribution >= 4 is 29.5 Å². The number of hydrogen-bond donors (Lipinski definition) is 5. The summed E-state index contributed by atoms with van der Waals surface area (Å²) in [6, 6.07) is 4.41. The number of benzene rings is 1. The summed E-state index contributed by atoms with van der Waals surface area (Å²) in [7, 11) is 0. The lowest BCUT2D eigenvalue weighted by atomic mass is 9.92. The number of aromatic hydroxyl groups is 1. The summed E-state index contributed by atoms with van der Waals surface area (Å²) in [5.74, 6) is -1.00. The minimum atomic E-state index is -0.824. The number of aryl methyl sites for hydroxylation is 1. The molecule has 3 heterocycles. The third-order valence-corrected chi connectivity index (χ3v) is 9.08. The second kappa shape index (κ2) is 17.6. The molecule has 5 amide bonds. The summed E-state index contributed by atoms with van der Waals surface area (Å²) in [5.41, 5.74) is 0.783. The average molecular weight is 667 g/mol. The molecule has 0 saturated carbocycles. The highest BCUT2D eigenvalue weighted by atomic mass is 16.3. The highest BCUT2D eigenvalue weighted by Gasteiger charge is 2.40. The molecule has 0 spiro atoms. The molecule has 2 saturated heterocycles. The van der Waals surface area contributed by atoms with Crippen LogP contribution in [-0.2, 0) is 36.9 Å². The quantitative estimate of drug-likeness (QED) is 0.280. The van der Waals surface area contributed by atoms with Gasteiger partial charge in [0.1, 0.15) is 30.5 Å². The van der Waals surface area contributed by atoms with Gasteiger partial charge >= 0.3 is 0 Å². The van der Waals surface area contributed by atoms with Crippen LogP contribution in [0.1, 0.15) is 77.7 Å². The number of aromatic nitrogens is 3. The van der Waals surface area contributed by atoms with E-state index >= 15 is 0 Å². The van der Waals surface area contributed by atoms with Gasteiger partial charge in [0.25, 0.3) is 0 Å². The molecule has 5 atom stereocenters. The van der Waals surface area contributed by atoms with Gasteiger partial charge in [0.2, 0.25) is 29.5 Å². The van der Waals surface area contributed by atoms with E-state index in [2.05, 4.69) is 31.3 Å². The molecule has 1 aromatic heterocycles. The molecular formula is C34H50N8O6. The fourth-order valence-electron chi connectivity index (χ4n) is 6.30. The fraction of sp³-hybridized carbons (Fsp3) is 0.618. The van der Waals surface area contributed by atoms with Crippen LogP contribution in [-0.4, -0.2) is 91.6 Å². The molecule has 5 N–H and O–H groups in total. The van der Waals surface area contributed by atoms with E-state index in [1.165, 1.54) is 18.5 Å². The Bertz CT molecular complexity index is 1380. The lowest BCUT2D eigenvalue weighted by Gasteiger charge is -2.29. The van der Waals surface area contributed by atoms with Crippen molar-refractivity contribution in [2.75, 3.05) is 13.1 Å². The van der Waals surface area contributed by atoms with Crippen molar-refractivity contribution in [2.45, 2.75) is 109 Å². The number of hydrogen-bond acceptors (Lipinski definition) is 8. The largest absolute Gasteiger partial charge is 0.508 e. The number of carbonyl (C=O) groups excluding carboxylic acids is 5. The van der Waals surface area contributed by atoms with E-state index in [0.29, 0.717) is 38.6 Å². The Labute approximate surface area is 281 Å². The van der Waals surface area contributed by atoms with E-state index in [1.54, 1.807) is 28.0 Å². The third kappa shape index (κ3) is 11.1. The van der Waals surface area contributed by atoms with Crippen LogP contribution in [0, 0.1) is 11.8 Å². The Balaban J connectivity index is 1.44. The summed E-state index contributed by atoms with van der Waals surface area (Å²) in [6.45, 7) is 7.02.